The SMILES string of the molecule is C=Cc1c(/C=C\C)ccc2ccccc12. The molecule has 0 heteroatoms. The van der Waals surface area contributed by atoms with Crippen molar-refractivity contribution in [1.29, 1.82) is 0 Å². The standard InChI is InChI=1S/C15H14/c1-3-7-12-10-11-13-8-5-6-9-15(13)14(12)4-2/h3-11H,2H2,1H3/b7-3-. The molecule has 0 heterocycles. The predicted octanol–water partition coefficient (Wildman–Crippen LogP) is 4.52. The molecule has 74 valence electrons. The Labute approximate surface area is 90.6 Å². The van der Waals surface area contributed by atoms with E-state index in [-0.39, 0.29) is 0 Å². The number of hydrogen-bond acceptors (Lipinski definition) is 0. The minimum atomic E-state index is 1.21. The molecule has 0 amide bonds. The predicted molar refractivity (Wildman–Crippen MR) is 68.7 cm³/mol. The molecule has 0 spiro atoms. The molecule has 0 saturated carbocycles. The molecule has 0 N–H and O–H groups in total. The monoisotopic (exact) mass is 194 g/mol. The lowest BCUT2D eigenvalue weighted by molar-refractivity contribution is 1.65. The molecule has 0 bridgehead atoms. The molecule has 0 aliphatic heterocycles. The van der Waals surface area contributed by atoms with Crippen LogP contribution in [0.1, 0.15) is 18.1 Å². The normalized spacial score (nSPS) is 11.0. The third-order valence-corrected chi connectivity index (χ3v) is 2.55. The van der Waals surface area contributed by atoms with Crippen molar-refractivity contribution in [2.75, 3.05) is 0 Å². The van der Waals surface area contributed by atoms with Crippen molar-refractivity contribution in [2.24, 2.45) is 0 Å². The number of fused-ring (bicyclic) bond motifs is 1. The van der Waals surface area contributed by atoms with E-state index in [2.05, 4.69) is 55.1 Å². The first-order valence-electron chi connectivity index (χ1n) is 5.13. The highest BCUT2D eigenvalue weighted by Gasteiger charge is 2.01. The van der Waals surface area contributed by atoms with Gasteiger partial charge in [0.1, 0.15) is 0 Å². The largest absolute Gasteiger partial charge is 0.0984 e. The fraction of sp³-hybridized carbons (Fsp3) is 0.0667. The second kappa shape index (κ2) is 4.14. The smallest absolute Gasteiger partial charge is 0.0106 e. The zero-order valence-electron chi connectivity index (χ0n) is 8.90. The van der Waals surface area contributed by atoms with E-state index in [0.29, 0.717) is 0 Å². The van der Waals surface area contributed by atoms with E-state index in [1.807, 2.05) is 13.0 Å². The summed E-state index contributed by atoms with van der Waals surface area (Å²) in [5, 5.41) is 2.53. The zero-order chi connectivity index (χ0) is 10.7. The molecule has 0 aliphatic carbocycles. The summed E-state index contributed by atoms with van der Waals surface area (Å²) in [4.78, 5) is 0. The van der Waals surface area contributed by atoms with Crippen molar-refractivity contribution in [1.82, 2.24) is 0 Å². The summed E-state index contributed by atoms with van der Waals surface area (Å²) >= 11 is 0. The van der Waals surface area contributed by atoms with Gasteiger partial charge in [0.05, 0.1) is 0 Å². The Balaban J connectivity index is 2.81. The third kappa shape index (κ3) is 1.71. The summed E-state index contributed by atoms with van der Waals surface area (Å²) in [6.45, 7) is 5.92. The quantitative estimate of drug-likeness (QED) is 0.659. The van der Waals surface area contributed by atoms with Crippen molar-refractivity contribution in [3.63, 3.8) is 0 Å². The first kappa shape index (κ1) is 9.72. The first-order valence-corrected chi connectivity index (χ1v) is 5.13. The highest BCUT2D eigenvalue weighted by atomic mass is 14.0. The highest BCUT2D eigenvalue weighted by Crippen LogP contribution is 2.24. The van der Waals surface area contributed by atoms with E-state index in [9.17, 15) is 0 Å². The number of rotatable bonds is 2. The van der Waals surface area contributed by atoms with Gasteiger partial charge in [0.25, 0.3) is 0 Å². The summed E-state index contributed by atoms with van der Waals surface area (Å²) < 4.78 is 0. The molecular formula is C15H14. The summed E-state index contributed by atoms with van der Waals surface area (Å²) in [5.74, 6) is 0. The Morgan fingerprint density at radius 2 is 1.87 bits per heavy atom. The third-order valence-electron chi connectivity index (χ3n) is 2.55. The lowest BCUT2D eigenvalue weighted by atomic mass is 9.99. The second-order valence-electron chi connectivity index (χ2n) is 3.49. The molecule has 0 fully saturated rings. The van der Waals surface area contributed by atoms with Gasteiger partial charge in [0.2, 0.25) is 0 Å². The molecule has 0 aromatic heterocycles. The van der Waals surface area contributed by atoms with E-state index in [1.165, 1.54) is 21.9 Å². The van der Waals surface area contributed by atoms with Crippen LogP contribution in [0.15, 0.2) is 49.1 Å². The zero-order valence-corrected chi connectivity index (χ0v) is 8.90. The molecule has 0 nitrogen and oxygen atoms in total. The van der Waals surface area contributed by atoms with Crippen LogP contribution in [0, 0.1) is 0 Å². The van der Waals surface area contributed by atoms with Crippen LogP contribution in [-0.4, -0.2) is 0 Å². The maximum atomic E-state index is 3.89. The van der Waals surface area contributed by atoms with Crippen LogP contribution >= 0.6 is 0 Å². The van der Waals surface area contributed by atoms with Crippen LogP contribution in [-0.2, 0) is 0 Å². The van der Waals surface area contributed by atoms with E-state index in [0.717, 1.165) is 0 Å². The van der Waals surface area contributed by atoms with Crippen molar-refractivity contribution >= 4 is 22.9 Å². The minimum Gasteiger partial charge on any atom is -0.0984 e. The van der Waals surface area contributed by atoms with Crippen LogP contribution in [0.25, 0.3) is 22.9 Å². The molecule has 0 unspecified atom stereocenters. The van der Waals surface area contributed by atoms with Crippen LogP contribution in [0.5, 0.6) is 0 Å². The van der Waals surface area contributed by atoms with Gasteiger partial charge in [0.15, 0.2) is 0 Å². The van der Waals surface area contributed by atoms with Crippen molar-refractivity contribution in [3.8, 4) is 0 Å². The Kier molecular flexibility index (Phi) is 2.68. The Hall–Kier alpha value is -1.82. The van der Waals surface area contributed by atoms with Gasteiger partial charge in [-0.3, -0.25) is 0 Å². The Morgan fingerprint density at radius 1 is 1.07 bits per heavy atom. The highest BCUT2D eigenvalue weighted by molar-refractivity contribution is 5.93. The molecule has 0 saturated heterocycles. The average Bonchev–Trinajstić information content (AvgIpc) is 2.29. The van der Waals surface area contributed by atoms with Gasteiger partial charge in [-0.2, -0.15) is 0 Å². The number of allylic oxidation sites excluding steroid dienone is 1. The fourth-order valence-electron chi connectivity index (χ4n) is 1.87. The summed E-state index contributed by atoms with van der Waals surface area (Å²) in [7, 11) is 0. The van der Waals surface area contributed by atoms with Crippen LogP contribution < -0.4 is 0 Å². The fourth-order valence-corrected chi connectivity index (χ4v) is 1.87. The Morgan fingerprint density at radius 3 is 2.60 bits per heavy atom. The maximum Gasteiger partial charge on any atom is -0.0106 e. The summed E-state index contributed by atoms with van der Waals surface area (Å²) in [6, 6.07) is 12.7. The van der Waals surface area contributed by atoms with Crippen molar-refractivity contribution in [2.45, 2.75) is 6.92 Å². The molecule has 0 atom stereocenters. The summed E-state index contributed by atoms with van der Waals surface area (Å²) in [5.41, 5.74) is 2.44. The molecule has 2 aromatic carbocycles. The molecule has 2 aromatic rings. The molecular weight excluding hydrogens is 180 g/mol. The van der Waals surface area contributed by atoms with Gasteiger partial charge >= 0.3 is 0 Å². The lowest BCUT2D eigenvalue weighted by Gasteiger charge is -2.06. The van der Waals surface area contributed by atoms with Gasteiger partial charge in [-0.25, -0.2) is 0 Å². The lowest BCUT2D eigenvalue weighted by Crippen LogP contribution is -1.83. The second-order valence-corrected chi connectivity index (χ2v) is 3.49. The van der Waals surface area contributed by atoms with E-state index < -0.39 is 0 Å². The van der Waals surface area contributed by atoms with Crippen LogP contribution in [0.2, 0.25) is 0 Å². The topological polar surface area (TPSA) is 0 Å². The molecule has 0 aliphatic rings. The van der Waals surface area contributed by atoms with Gasteiger partial charge < -0.3 is 0 Å². The Bertz CT molecular complexity index is 519. The van der Waals surface area contributed by atoms with Gasteiger partial charge in [-0.15, -0.1) is 0 Å². The molecule has 15 heavy (non-hydrogen) atoms. The van der Waals surface area contributed by atoms with Gasteiger partial charge in [0, 0.05) is 0 Å². The minimum absolute atomic E-state index is 1.21. The summed E-state index contributed by atoms with van der Waals surface area (Å²) in [6.07, 6.45) is 6.10. The van der Waals surface area contributed by atoms with Gasteiger partial charge in [-0.1, -0.05) is 61.2 Å². The van der Waals surface area contributed by atoms with Gasteiger partial charge in [-0.05, 0) is 28.8 Å². The molecule has 0 radical (unpaired) electrons. The van der Waals surface area contributed by atoms with E-state index in [1.54, 1.807) is 0 Å². The van der Waals surface area contributed by atoms with E-state index >= 15 is 0 Å². The average molecular weight is 194 g/mol. The number of benzene rings is 2. The van der Waals surface area contributed by atoms with Crippen molar-refractivity contribution in [3.05, 3.63) is 60.2 Å². The van der Waals surface area contributed by atoms with Crippen molar-refractivity contribution < 1.29 is 0 Å². The van der Waals surface area contributed by atoms with Crippen LogP contribution in [0.3, 0.4) is 0 Å². The number of hydrogen-bond donors (Lipinski definition) is 0. The maximum absolute atomic E-state index is 3.89. The van der Waals surface area contributed by atoms with E-state index in [4.69, 9.17) is 0 Å². The molecule has 2 rings (SSSR count). The van der Waals surface area contributed by atoms with Crippen LogP contribution in [0.4, 0.5) is 0 Å². The first-order chi connectivity index (χ1) is 7.36.